The normalized spacial score (nSPS) is 19.6. The number of ether oxygens (including phenoxy) is 1. The van der Waals surface area contributed by atoms with Gasteiger partial charge in [-0.1, -0.05) is 19.8 Å². The molecular formula is C11H20O4S. The van der Waals surface area contributed by atoms with Crippen LogP contribution in [0.25, 0.3) is 0 Å². The van der Waals surface area contributed by atoms with Gasteiger partial charge in [0, 0.05) is 0 Å². The van der Waals surface area contributed by atoms with Gasteiger partial charge in [0.2, 0.25) is 0 Å². The fraction of sp³-hybridized carbons (Fsp3) is 0.909. The topological polar surface area (TPSA) is 60.4 Å². The fourth-order valence-corrected chi connectivity index (χ4v) is 4.47. The maximum Gasteiger partial charge on any atom is 0.324 e. The van der Waals surface area contributed by atoms with E-state index in [9.17, 15) is 13.2 Å². The zero-order chi connectivity index (χ0) is 12.2. The number of carbonyl (C=O) groups excluding carboxylic acids is 1. The summed E-state index contributed by atoms with van der Waals surface area (Å²) in [4.78, 5) is 11.6. The van der Waals surface area contributed by atoms with Gasteiger partial charge in [0.1, 0.15) is 0 Å². The lowest BCUT2D eigenvalue weighted by molar-refractivity contribution is -0.142. The molecule has 1 rings (SSSR count). The summed E-state index contributed by atoms with van der Waals surface area (Å²) in [6.07, 6.45) is 3.58. The monoisotopic (exact) mass is 248 g/mol. The van der Waals surface area contributed by atoms with Gasteiger partial charge in [-0.15, -0.1) is 0 Å². The maximum absolute atomic E-state index is 12.2. The molecule has 1 aliphatic carbocycles. The maximum atomic E-state index is 12.2. The third-order valence-electron chi connectivity index (χ3n) is 3.08. The van der Waals surface area contributed by atoms with Crippen LogP contribution < -0.4 is 0 Å². The molecule has 0 heterocycles. The van der Waals surface area contributed by atoms with Crippen LogP contribution in [-0.4, -0.2) is 31.5 Å². The third kappa shape index (κ3) is 2.75. The van der Waals surface area contributed by atoms with Gasteiger partial charge in [0.15, 0.2) is 15.1 Å². The van der Waals surface area contributed by atoms with Crippen LogP contribution in [0.4, 0.5) is 0 Å². The van der Waals surface area contributed by atoms with Crippen molar-refractivity contribution in [3.63, 3.8) is 0 Å². The highest BCUT2D eigenvalue weighted by Gasteiger charge is 2.39. The third-order valence-corrected chi connectivity index (χ3v) is 5.80. The highest BCUT2D eigenvalue weighted by molar-refractivity contribution is 7.93. The Morgan fingerprint density at radius 1 is 1.31 bits per heavy atom. The van der Waals surface area contributed by atoms with Crippen LogP contribution in [0, 0.1) is 0 Å². The average molecular weight is 248 g/mol. The van der Waals surface area contributed by atoms with E-state index in [-0.39, 0.29) is 11.9 Å². The molecule has 0 aromatic rings. The second-order valence-electron chi connectivity index (χ2n) is 4.14. The summed E-state index contributed by atoms with van der Waals surface area (Å²) in [5.74, 6) is -0.586. The number of rotatable bonds is 5. The number of sulfone groups is 1. The van der Waals surface area contributed by atoms with Crippen molar-refractivity contribution >= 4 is 15.8 Å². The minimum Gasteiger partial charge on any atom is -0.465 e. The van der Waals surface area contributed by atoms with Gasteiger partial charge in [-0.3, -0.25) is 4.79 Å². The lowest BCUT2D eigenvalue weighted by Gasteiger charge is -2.18. The lowest BCUT2D eigenvalue weighted by atomic mass is 10.3. The molecule has 0 aliphatic heterocycles. The van der Waals surface area contributed by atoms with E-state index in [1.807, 2.05) is 0 Å². The van der Waals surface area contributed by atoms with Crippen LogP contribution in [0.2, 0.25) is 0 Å². The first-order valence-corrected chi connectivity index (χ1v) is 7.54. The Morgan fingerprint density at radius 3 is 2.31 bits per heavy atom. The predicted octanol–water partition coefficient (Wildman–Crippen LogP) is 1.69. The van der Waals surface area contributed by atoms with Crippen molar-refractivity contribution in [1.29, 1.82) is 0 Å². The molecule has 0 aromatic carbocycles. The Balaban J connectivity index is 2.81. The first-order valence-electron chi connectivity index (χ1n) is 5.93. The Hall–Kier alpha value is -0.580. The van der Waals surface area contributed by atoms with Crippen LogP contribution in [-0.2, 0) is 19.4 Å². The number of esters is 1. The van der Waals surface area contributed by atoms with Gasteiger partial charge in [0.05, 0.1) is 11.9 Å². The molecule has 0 radical (unpaired) electrons. The van der Waals surface area contributed by atoms with Crippen LogP contribution in [0.5, 0.6) is 0 Å². The zero-order valence-corrected chi connectivity index (χ0v) is 10.8. The van der Waals surface area contributed by atoms with Gasteiger partial charge in [-0.05, 0) is 26.2 Å². The summed E-state index contributed by atoms with van der Waals surface area (Å²) in [6.45, 7) is 3.64. The summed E-state index contributed by atoms with van der Waals surface area (Å²) in [5, 5.41) is -1.29. The van der Waals surface area contributed by atoms with Crippen LogP contribution in [0.1, 0.15) is 46.0 Å². The van der Waals surface area contributed by atoms with Gasteiger partial charge >= 0.3 is 5.97 Å². The second kappa shape index (κ2) is 5.66. The first-order chi connectivity index (χ1) is 7.54. The molecule has 0 spiro atoms. The van der Waals surface area contributed by atoms with Crippen LogP contribution >= 0.6 is 0 Å². The fourth-order valence-electron chi connectivity index (χ4n) is 2.22. The van der Waals surface area contributed by atoms with E-state index in [4.69, 9.17) is 4.74 Å². The highest BCUT2D eigenvalue weighted by atomic mass is 32.2. The Morgan fingerprint density at radius 2 is 1.88 bits per heavy atom. The SMILES string of the molecule is CCOC(=O)C(CC)S(=O)(=O)C1CCCC1. The van der Waals surface area contributed by atoms with Crippen molar-refractivity contribution < 1.29 is 17.9 Å². The largest absolute Gasteiger partial charge is 0.465 e. The lowest BCUT2D eigenvalue weighted by Crippen LogP contribution is -2.37. The van der Waals surface area contributed by atoms with E-state index in [1.54, 1.807) is 13.8 Å². The van der Waals surface area contributed by atoms with Gasteiger partial charge < -0.3 is 4.74 Å². The van der Waals surface area contributed by atoms with Crippen molar-refractivity contribution in [2.24, 2.45) is 0 Å². The van der Waals surface area contributed by atoms with E-state index < -0.39 is 21.1 Å². The molecule has 1 aliphatic rings. The molecule has 1 unspecified atom stereocenters. The van der Waals surface area contributed by atoms with Crippen molar-refractivity contribution in [3.8, 4) is 0 Å². The summed E-state index contributed by atoms with van der Waals surface area (Å²) in [5.41, 5.74) is 0. The summed E-state index contributed by atoms with van der Waals surface area (Å²) < 4.78 is 29.2. The summed E-state index contributed by atoms with van der Waals surface area (Å²) in [6, 6.07) is 0. The van der Waals surface area contributed by atoms with Crippen molar-refractivity contribution in [3.05, 3.63) is 0 Å². The number of hydrogen-bond acceptors (Lipinski definition) is 4. The first kappa shape index (κ1) is 13.5. The molecule has 1 saturated carbocycles. The van der Waals surface area contributed by atoms with Crippen molar-refractivity contribution in [2.75, 3.05) is 6.61 Å². The Kier molecular flexibility index (Phi) is 4.77. The van der Waals surface area contributed by atoms with Crippen LogP contribution in [0.3, 0.4) is 0 Å². The molecule has 0 saturated heterocycles. The molecule has 0 aromatic heterocycles. The minimum atomic E-state index is -3.35. The van der Waals surface area contributed by atoms with Crippen molar-refractivity contribution in [1.82, 2.24) is 0 Å². The standard InChI is InChI=1S/C11H20O4S/c1-3-10(11(12)15-4-2)16(13,14)9-7-5-6-8-9/h9-10H,3-8H2,1-2H3. The van der Waals surface area contributed by atoms with Crippen molar-refractivity contribution in [2.45, 2.75) is 56.5 Å². The molecule has 1 fully saturated rings. The number of hydrogen-bond donors (Lipinski definition) is 0. The quantitative estimate of drug-likeness (QED) is 0.695. The molecular weight excluding hydrogens is 228 g/mol. The molecule has 0 N–H and O–H groups in total. The Labute approximate surface area is 97.3 Å². The van der Waals surface area contributed by atoms with E-state index in [0.717, 1.165) is 12.8 Å². The molecule has 1 atom stereocenters. The van der Waals surface area contributed by atoms with E-state index >= 15 is 0 Å². The average Bonchev–Trinajstić information content (AvgIpc) is 2.71. The smallest absolute Gasteiger partial charge is 0.324 e. The highest BCUT2D eigenvalue weighted by Crippen LogP contribution is 2.28. The van der Waals surface area contributed by atoms with Gasteiger partial charge in [-0.2, -0.15) is 0 Å². The zero-order valence-electron chi connectivity index (χ0n) is 9.94. The van der Waals surface area contributed by atoms with E-state index in [2.05, 4.69) is 0 Å². The minimum absolute atomic E-state index is 0.232. The van der Waals surface area contributed by atoms with Gasteiger partial charge in [-0.25, -0.2) is 8.42 Å². The van der Waals surface area contributed by atoms with Crippen LogP contribution in [0.15, 0.2) is 0 Å². The molecule has 5 heteroatoms. The van der Waals surface area contributed by atoms with Gasteiger partial charge in [0.25, 0.3) is 0 Å². The Bertz CT molecular complexity index is 328. The molecule has 0 amide bonds. The molecule has 16 heavy (non-hydrogen) atoms. The second-order valence-corrected chi connectivity index (χ2v) is 6.56. The molecule has 4 nitrogen and oxygen atoms in total. The molecule has 0 bridgehead atoms. The van der Waals surface area contributed by atoms with E-state index in [1.165, 1.54) is 0 Å². The predicted molar refractivity (Wildman–Crippen MR) is 61.9 cm³/mol. The van der Waals surface area contributed by atoms with E-state index in [0.29, 0.717) is 19.3 Å². The molecule has 94 valence electrons. The number of carbonyl (C=O) groups is 1. The summed E-state index contributed by atoms with van der Waals surface area (Å²) in [7, 11) is -3.35. The summed E-state index contributed by atoms with van der Waals surface area (Å²) >= 11 is 0.